The van der Waals surface area contributed by atoms with Gasteiger partial charge in [0.1, 0.15) is 6.04 Å². The largest absolute Gasteiger partial charge is 0.341 e. The Hall–Kier alpha value is -2.29. The van der Waals surface area contributed by atoms with Gasteiger partial charge in [-0.2, -0.15) is 0 Å². The topological polar surface area (TPSA) is 94.5 Å². The minimum atomic E-state index is -0.229. The van der Waals surface area contributed by atoms with E-state index in [-0.39, 0.29) is 24.2 Å². The molecule has 0 aliphatic carbocycles. The maximum atomic E-state index is 12.9. The molecule has 7 heteroatoms. The number of likely N-dealkylation sites (tertiary alicyclic amines) is 1. The molecule has 5 atom stereocenters. The summed E-state index contributed by atoms with van der Waals surface area (Å²) in [6, 6.07) is 19.5. The van der Waals surface area contributed by atoms with Gasteiger partial charge in [0.05, 0.1) is 12.2 Å². The van der Waals surface area contributed by atoms with E-state index in [0.29, 0.717) is 18.4 Å². The average Bonchev–Trinajstić information content (AvgIpc) is 3.40. The van der Waals surface area contributed by atoms with E-state index in [9.17, 15) is 4.79 Å². The quantitative estimate of drug-likeness (QED) is 0.532. The standard InChI is InChI=1S/C22H28N6O/c23-20-12-19(25-26-20)22(29)28-11-10-18-17(13-28)21(27-24-18)16-8-6-15(7-9-16)14-4-2-1-3-5-14/h1-9,17-21,24-27H,10-13,23H2. The van der Waals surface area contributed by atoms with E-state index in [1.54, 1.807) is 0 Å². The zero-order chi connectivity index (χ0) is 19.8. The summed E-state index contributed by atoms with van der Waals surface area (Å²) in [7, 11) is 0. The molecule has 29 heavy (non-hydrogen) atoms. The second-order valence-corrected chi connectivity index (χ2v) is 8.28. The third-order valence-corrected chi connectivity index (χ3v) is 6.43. The van der Waals surface area contributed by atoms with Crippen LogP contribution in [0.15, 0.2) is 54.6 Å². The van der Waals surface area contributed by atoms with Gasteiger partial charge in [-0.15, -0.1) is 0 Å². The number of nitrogens with zero attached hydrogens (tertiary/aromatic N) is 1. The Morgan fingerprint density at radius 1 is 0.931 bits per heavy atom. The van der Waals surface area contributed by atoms with Crippen molar-refractivity contribution in [1.82, 2.24) is 26.6 Å². The van der Waals surface area contributed by atoms with Gasteiger partial charge in [0.25, 0.3) is 0 Å². The number of carbonyl (C=O) groups excluding carboxylic acids is 1. The summed E-state index contributed by atoms with van der Waals surface area (Å²) in [6.07, 6.45) is 1.42. The van der Waals surface area contributed by atoms with Crippen LogP contribution in [0.5, 0.6) is 0 Å². The number of benzene rings is 2. The Labute approximate surface area is 171 Å². The van der Waals surface area contributed by atoms with Crippen LogP contribution in [-0.4, -0.2) is 42.1 Å². The summed E-state index contributed by atoms with van der Waals surface area (Å²) in [5.74, 6) is 0.493. The molecule has 1 amide bonds. The first-order chi connectivity index (χ1) is 14.2. The highest BCUT2D eigenvalue weighted by Crippen LogP contribution is 2.34. The van der Waals surface area contributed by atoms with Crippen LogP contribution in [0.3, 0.4) is 0 Å². The van der Waals surface area contributed by atoms with Crippen molar-refractivity contribution >= 4 is 5.91 Å². The summed E-state index contributed by atoms with van der Waals surface area (Å²) in [5, 5.41) is 0. The number of rotatable bonds is 3. The third-order valence-electron chi connectivity index (χ3n) is 6.43. The van der Waals surface area contributed by atoms with Crippen LogP contribution >= 0.6 is 0 Å². The number of piperidine rings is 1. The number of nitrogens with two attached hydrogens (primary N) is 1. The Balaban J connectivity index is 1.30. The van der Waals surface area contributed by atoms with Crippen LogP contribution in [0.2, 0.25) is 0 Å². The van der Waals surface area contributed by atoms with Crippen molar-refractivity contribution in [3.63, 3.8) is 0 Å². The van der Waals surface area contributed by atoms with Gasteiger partial charge in [-0.25, -0.2) is 16.3 Å². The van der Waals surface area contributed by atoms with Crippen molar-refractivity contribution in [1.29, 1.82) is 0 Å². The molecule has 3 fully saturated rings. The van der Waals surface area contributed by atoms with Crippen molar-refractivity contribution < 1.29 is 4.79 Å². The maximum Gasteiger partial charge on any atom is 0.241 e. The first kappa shape index (κ1) is 18.7. The highest BCUT2D eigenvalue weighted by atomic mass is 16.2. The maximum absolute atomic E-state index is 12.9. The zero-order valence-corrected chi connectivity index (χ0v) is 16.3. The van der Waals surface area contributed by atoms with Crippen LogP contribution in [0, 0.1) is 5.92 Å². The fourth-order valence-electron chi connectivity index (χ4n) is 4.81. The molecule has 0 radical (unpaired) electrons. The highest BCUT2D eigenvalue weighted by Gasteiger charge is 2.43. The molecule has 2 aromatic rings. The lowest BCUT2D eigenvalue weighted by molar-refractivity contribution is -0.135. The molecule has 5 rings (SSSR count). The second-order valence-electron chi connectivity index (χ2n) is 8.28. The molecule has 0 spiro atoms. The minimum Gasteiger partial charge on any atom is -0.341 e. The van der Waals surface area contributed by atoms with Crippen molar-refractivity contribution in [3.05, 3.63) is 60.2 Å². The number of hydrogen-bond acceptors (Lipinski definition) is 6. The first-order valence-electron chi connectivity index (χ1n) is 10.4. The van der Waals surface area contributed by atoms with Gasteiger partial charge in [0.2, 0.25) is 5.91 Å². The number of hydrazine groups is 2. The third kappa shape index (κ3) is 3.68. The van der Waals surface area contributed by atoms with E-state index < -0.39 is 0 Å². The molecule has 0 saturated carbocycles. The van der Waals surface area contributed by atoms with E-state index in [4.69, 9.17) is 5.73 Å². The monoisotopic (exact) mass is 392 g/mol. The van der Waals surface area contributed by atoms with Crippen LogP contribution < -0.4 is 27.4 Å². The SMILES string of the molecule is NC1CC(C(=O)N2CCC3NNC(c4ccc(-c5ccccc5)cc4)C3C2)NN1. The molecule has 152 valence electrons. The molecule has 0 bridgehead atoms. The lowest BCUT2D eigenvalue weighted by Gasteiger charge is -2.37. The molecule has 3 aliphatic rings. The summed E-state index contributed by atoms with van der Waals surface area (Å²) in [4.78, 5) is 14.9. The predicted octanol–water partition coefficient (Wildman–Crippen LogP) is 0.871. The second kappa shape index (κ2) is 7.85. The van der Waals surface area contributed by atoms with E-state index in [0.717, 1.165) is 19.5 Å². The lowest BCUT2D eigenvalue weighted by atomic mass is 9.84. The normalized spacial score (nSPS) is 31.6. The van der Waals surface area contributed by atoms with E-state index in [1.807, 2.05) is 11.0 Å². The van der Waals surface area contributed by atoms with E-state index in [2.05, 4.69) is 70.2 Å². The predicted molar refractivity (Wildman–Crippen MR) is 112 cm³/mol. The number of carbonyl (C=O) groups is 1. The van der Waals surface area contributed by atoms with Gasteiger partial charge < -0.3 is 10.6 Å². The number of nitrogens with one attached hydrogen (secondary N) is 4. The molecule has 3 heterocycles. The molecule has 5 unspecified atom stereocenters. The van der Waals surface area contributed by atoms with Crippen LogP contribution in [-0.2, 0) is 4.79 Å². The van der Waals surface area contributed by atoms with Crippen LogP contribution in [0.1, 0.15) is 24.4 Å². The molecule has 6 N–H and O–H groups in total. The molecular formula is C22H28N6O. The Morgan fingerprint density at radius 3 is 2.41 bits per heavy atom. The smallest absolute Gasteiger partial charge is 0.241 e. The molecule has 3 aliphatic heterocycles. The number of hydrogen-bond donors (Lipinski definition) is 5. The van der Waals surface area contributed by atoms with E-state index >= 15 is 0 Å². The van der Waals surface area contributed by atoms with Crippen molar-refractivity contribution in [2.45, 2.75) is 37.1 Å². The van der Waals surface area contributed by atoms with Crippen molar-refractivity contribution in [2.24, 2.45) is 11.7 Å². The summed E-state index contributed by atoms with van der Waals surface area (Å²) in [5.41, 5.74) is 22.5. The Bertz CT molecular complexity index is 857. The van der Waals surface area contributed by atoms with Gasteiger partial charge in [-0.1, -0.05) is 54.6 Å². The number of amides is 1. The molecule has 2 aromatic carbocycles. The fraction of sp³-hybridized carbons (Fsp3) is 0.409. The van der Waals surface area contributed by atoms with Gasteiger partial charge >= 0.3 is 0 Å². The molecular weight excluding hydrogens is 364 g/mol. The zero-order valence-electron chi connectivity index (χ0n) is 16.3. The summed E-state index contributed by atoms with van der Waals surface area (Å²) in [6.45, 7) is 1.53. The molecule has 0 aromatic heterocycles. The minimum absolute atomic E-state index is 0.147. The van der Waals surface area contributed by atoms with Gasteiger partial charge in [0.15, 0.2) is 0 Å². The highest BCUT2D eigenvalue weighted by molar-refractivity contribution is 5.82. The number of fused-ring (bicyclic) bond motifs is 1. The van der Waals surface area contributed by atoms with Gasteiger partial charge in [0, 0.05) is 31.5 Å². The van der Waals surface area contributed by atoms with E-state index in [1.165, 1.54) is 16.7 Å². The van der Waals surface area contributed by atoms with Gasteiger partial charge in [-0.3, -0.25) is 10.2 Å². The van der Waals surface area contributed by atoms with Crippen LogP contribution in [0.4, 0.5) is 0 Å². The van der Waals surface area contributed by atoms with Gasteiger partial charge in [-0.05, 0) is 23.1 Å². The average molecular weight is 393 g/mol. The fourth-order valence-corrected chi connectivity index (χ4v) is 4.81. The first-order valence-corrected chi connectivity index (χ1v) is 10.4. The molecule has 3 saturated heterocycles. The summed E-state index contributed by atoms with van der Waals surface area (Å²) < 4.78 is 0. The van der Waals surface area contributed by atoms with Crippen molar-refractivity contribution in [3.8, 4) is 11.1 Å². The van der Waals surface area contributed by atoms with Crippen LogP contribution in [0.25, 0.3) is 11.1 Å². The Kier molecular flexibility index (Phi) is 5.07. The van der Waals surface area contributed by atoms with Crippen molar-refractivity contribution in [2.75, 3.05) is 13.1 Å². The Morgan fingerprint density at radius 2 is 1.69 bits per heavy atom. The lowest BCUT2D eigenvalue weighted by Crippen LogP contribution is -2.53. The molecule has 7 nitrogen and oxygen atoms in total. The summed E-state index contributed by atoms with van der Waals surface area (Å²) >= 11 is 0.